The van der Waals surface area contributed by atoms with E-state index < -0.39 is 0 Å². The van der Waals surface area contributed by atoms with E-state index in [2.05, 4.69) is 78.8 Å². The minimum Gasteiger partial charge on any atom is -0.369 e. The molecule has 0 aliphatic carbocycles. The van der Waals surface area contributed by atoms with Crippen LogP contribution in [0.4, 0.5) is 5.69 Å². The van der Waals surface area contributed by atoms with Crippen molar-refractivity contribution in [3.8, 4) is 0 Å². The summed E-state index contributed by atoms with van der Waals surface area (Å²) in [7, 11) is 0. The molecule has 0 N–H and O–H groups in total. The van der Waals surface area contributed by atoms with Gasteiger partial charge < -0.3 is 9.42 Å². The molecule has 5 heteroatoms. The molecule has 130 valence electrons. The standard InChI is InChI=1S/C19H28N4O/c1-14-7-6-8-16(13-14)23-11-9-22(10-12-23)15(2)17-20-18(21-24-17)19(3,4)5/h6-8,13,15H,9-12H2,1-5H3. The quantitative estimate of drug-likeness (QED) is 0.862. The topological polar surface area (TPSA) is 45.4 Å². The Labute approximate surface area is 144 Å². The van der Waals surface area contributed by atoms with Crippen molar-refractivity contribution in [2.24, 2.45) is 0 Å². The average molecular weight is 328 g/mol. The lowest BCUT2D eigenvalue weighted by Crippen LogP contribution is -2.47. The summed E-state index contributed by atoms with van der Waals surface area (Å²) in [6.07, 6.45) is 0. The van der Waals surface area contributed by atoms with Gasteiger partial charge in [0.25, 0.3) is 0 Å². The molecule has 1 unspecified atom stereocenters. The summed E-state index contributed by atoms with van der Waals surface area (Å²) in [5.74, 6) is 1.51. The molecule has 2 heterocycles. The summed E-state index contributed by atoms with van der Waals surface area (Å²) >= 11 is 0. The second-order valence-electron chi connectivity index (χ2n) is 7.74. The third-order valence-corrected chi connectivity index (χ3v) is 4.70. The molecule has 5 nitrogen and oxygen atoms in total. The number of benzene rings is 1. The van der Waals surface area contributed by atoms with Crippen LogP contribution < -0.4 is 4.90 Å². The monoisotopic (exact) mass is 328 g/mol. The molecule has 0 saturated carbocycles. The van der Waals surface area contributed by atoms with E-state index in [9.17, 15) is 0 Å². The van der Waals surface area contributed by atoms with Gasteiger partial charge in [-0.2, -0.15) is 4.98 Å². The summed E-state index contributed by atoms with van der Waals surface area (Å²) in [6.45, 7) is 14.7. The fourth-order valence-corrected chi connectivity index (χ4v) is 3.06. The van der Waals surface area contributed by atoms with Gasteiger partial charge in [-0.25, -0.2) is 0 Å². The maximum absolute atomic E-state index is 5.52. The first-order valence-electron chi connectivity index (χ1n) is 8.74. The molecule has 1 fully saturated rings. The molecule has 0 radical (unpaired) electrons. The highest BCUT2D eigenvalue weighted by molar-refractivity contribution is 5.48. The van der Waals surface area contributed by atoms with Crippen LogP contribution in [0.25, 0.3) is 0 Å². The number of rotatable bonds is 3. The van der Waals surface area contributed by atoms with Crippen LogP contribution in [-0.4, -0.2) is 41.2 Å². The summed E-state index contributed by atoms with van der Waals surface area (Å²) in [5, 5.41) is 4.15. The van der Waals surface area contributed by atoms with Crippen LogP contribution in [0.15, 0.2) is 28.8 Å². The lowest BCUT2D eigenvalue weighted by atomic mass is 9.96. The fraction of sp³-hybridized carbons (Fsp3) is 0.579. The molecule has 24 heavy (non-hydrogen) atoms. The largest absolute Gasteiger partial charge is 0.369 e. The fourth-order valence-electron chi connectivity index (χ4n) is 3.06. The van der Waals surface area contributed by atoms with E-state index in [4.69, 9.17) is 4.52 Å². The van der Waals surface area contributed by atoms with Gasteiger partial charge in [-0.15, -0.1) is 0 Å². The zero-order valence-electron chi connectivity index (χ0n) is 15.4. The number of aryl methyl sites for hydroxylation is 1. The second kappa shape index (κ2) is 6.55. The molecule has 2 aromatic rings. The Bertz CT molecular complexity index is 681. The number of aromatic nitrogens is 2. The normalized spacial score (nSPS) is 18.0. The van der Waals surface area contributed by atoms with E-state index in [1.54, 1.807) is 0 Å². The Kier molecular flexibility index (Phi) is 4.63. The Morgan fingerprint density at radius 1 is 1.12 bits per heavy atom. The second-order valence-corrected chi connectivity index (χ2v) is 7.74. The van der Waals surface area contributed by atoms with Crippen molar-refractivity contribution in [2.45, 2.75) is 46.1 Å². The first-order valence-corrected chi connectivity index (χ1v) is 8.74. The predicted molar refractivity (Wildman–Crippen MR) is 96.4 cm³/mol. The van der Waals surface area contributed by atoms with E-state index in [1.807, 2.05) is 0 Å². The first kappa shape index (κ1) is 17.0. The summed E-state index contributed by atoms with van der Waals surface area (Å²) in [5.41, 5.74) is 2.55. The van der Waals surface area contributed by atoms with Crippen LogP contribution in [0.3, 0.4) is 0 Å². The van der Waals surface area contributed by atoms with Crippen molar-refractivity contribution in [2.75, 3.05) is 31.1 Å². The minimum atomic E-state index is -0.0780. The van der Waals surface area contributed by atoms with Gasteiger partial charge in [0.2, 0.25) is 5.89 Å². The molecule has 1 aromatic heterocycles. The third kappa shape index (κ3) is 3.61. The predicted octanol–water partition coefficient (Wildman–Crippen LogP) is 3.56. The SMILES string of the molecule is Cc1cccc(N2CCN(C(C)c3nc(C(C)(C)C)no3)CC2)c1. The molecule has 3 rings (SSSR count). The third-order valence-electron chi connectivity index (χ3n) is 4.70. The first-order chi connectivity index (χ1) is 11.3. The van der Waals surface area contributed by atoms with Gasteiger partial charge in [-0.3, -0.25) is 4.90 Å². The Hall–Kier alpha value is -1.88. The molecule has 1 aromatic carbocycles. The van der Waals surface area contributed by atoms with E-state index in [1.165, 1.54) is 11.3 Å². The summed E-state index contributed by atoms with van der Waals surface area (Å²) in [6, 6.07) is 8.89. The van der Waals surface area contributed by atoms with Crippen molar-refractivity contribution >= 4 is 5.69 Å². The number of piperazine rings is 1. The molecular formula is C19H28N4O. The van der Waals surface area contributed by atoms with Crippen molar-refractivity contribution < 1.29 is 4.52 Å². The Morgan fingerprint density at radius 2 is 1.83 bits per heavy atom. The smallest absolute Gasteiger partial charge is 0.243 e. The van der Waals surface area contributed by atoms with E-state index in [-0.39, 0.29) is 11.5 Å². The molecule has 1 atom stereocenters. The number of anilines is 1. The van der Waals surface area contributed by atoms with Gasteiger partial charge in [0.05, 0.1) is 6.04 Å². The highest BCUT2D eigenvalue weighted by Crippen LogP contribution is 2.25. The zero-order chi connectivity index (χ0) is 17.3. The van der Waals surface area contributed by atoms with Crippen LogP contribution in [-0.2, 0) is 5.41 Å². The minimum absolute atomic E-state index is 0.0780. The molecule has 0 amide bonds. The Balaban J connectivity index is 1.63. The summed E-state index contributed by atoms with van der Waals surface area (Å²) in [4.78, 5) is 9.48. The lowest BCUT2D eigenvalue weighted by Gasteiger charge is -2.38. The van der Waals surface area contributed by atoms with Crippen LogP contribution >= 0.6 is 0 Å². The van der Waals surface area contributed by atoms with Crippen LogP contribution in [0.1, 0.15) is 51.0 Å². The molecule has 1 aliphatic heterocycles. The molecule has 0 spiro atoms. The Morgan fingerprint density at radius 3 is 2.42 bits per heavy atom. The molecule has 1 aliphatic rings. The van der Waals surface area contributed by atoms with E-state index >= 15 is 0 Å². The highest BCUT2D eigenvalue weighted by Gasteiger charge is 2.28. The van der Waals surface area contributed by atoms with Gasteiger partial charge in [0.15, 0.2) is 5.82 Å². The highest BCUT2D eigenvalue weighted by atomic mass is 16.5. The number of nitrogens with zero attached hydrogens (tertiary/aromatic N) is 4. The summed E-state index contributed by atoms with van der Waals surface area (Å²) < 4.78 is 5.52. The van der Waals surface area contributed by atoms with Gasteiger partial charge in [0, 0.05) is 37.3 Å². The van der Waals surface area contributed by atoms with Crippen LogP contribution in [0.2, 0.25) is 0 Å². The molecule has 0 bridgehead atoms. The van der Waals surface area contributed by atoms with Crippen LogP contribution in [0, 0.1) is 6.92 Å². The lowest BCUT2D eigenvalue weighted by molar-refractivity contribution is 0.164. The average Bonchev–Trinajstić information content (AvgIpc) is 3.04. The maximum Gasteiger partial charge on any atom is 0.243 e. The maximum atomic E-state index is 5.52. The molecular weight excluding hydrogens is 300 g/mol. The van der Waals surface area contributed by atoms with Gasteiger partial charge in [0.1, 0.15) is 0 Å². The number of hydrogen-bond acceptors (Lipinski definition) is 5. The van der Waals surface area contributed by atoms with Gasteiger partial charge in [-0.1, -0.05) is 38.1 Å². The van der Waals surface area contributed by atoms with E-state index in [0.29, 0.717) is 0 Å². The zero-order valence-corrected chi connectivity index (χ0v) is 15.4. The van der Waals surface area contributed by atoms with Crippen molar-refractivity contribution in [1.82, 2.24) is 15.0 Å². The molecule has 1 saturated heterocycles. The van der Waals surface area contributed by atoms with Crippen molar-refractivity contribution in [3.05, 3.63) is 41.5 Å². The van der Waals surface area contributed by atoms with Crippen LogP contribution in [0.5, 0.6) is 0 Å². The number of hydrogen-bond donors (Lipinski definition) is 0. The van der Waals surface area contributed by atoms with Gasteiger partial charge >= 0.3 is 0 Å². The van der Waals surface area contributed by atoms with Crippen molar-refractivity contribution in [1.29, 1.82) is 0 Å². The van der Waals surface area contributed by atoms with Crippen molar-refractivity contribution in [3.63, 3.8) is 0 Å². The van der Waals surface area contributed by atoms with Gasteiger partial charge in [-0.05, 0) is 31.5 Å². The van der Waals surface area contributed by atoms with E-state index in [0.717, 1.165) is 37.9 Å².